The predicted octanol–water partition coefficient (Wildman–Crippen LogP) is 1.23. The van der Waals surface area contributed by atoms with Crippen molar-refractivity contribution in [2.24, 2.45) is 0 Å². The van der Waals surface area contributed by atoms with E-state index < -0.39 is 10.0 Å². The molecule has 2 aromatic carbocycles. The van der Waals surface area contributed by atoms with Gasteiger partial charge in [0.2, 0.25) is 10.0 Å². The Morgan fingerprint density at radius 3 is 2.06 bits per heavy atom. The molecule has 1 aliphatic heterocycles. The molecule has 0 saturated carbocycles. The highest BCUT2D eigenvalue weighted by atomic mass is 32.2. The molecule has 2 amide bonds. The van der Waals surface area contributed by atoms with Crippen molar-refractivity contribution in [2.45, 2.75) is 4.90 Å². The van der Waals surface area contributed by atoms with E-state index in [1.165, 1.54) is 38.5 Å². The van der Waals surface area contributed by atoms with E-state index in [9.17, 15) is 18.0 Å². The number of benzene rings is 2. The normalized spacial score (nSPS) is 14.1. The van der Waals surface area contributed by atoms with E-state index in [1.807, 2.05) is 0 Å². The van der Waals surface area contributed by atoms with Gasteiger partial charge in [-0.15, -0.1) is 0 Å². The molecule has 0 unspecified atom stereocenters. The summed E-state index contributed by atoms with van der Waals surface area (Å²) >= 11 is 0. The molecule has 0 atom stereocenters. The fourth-order valence-corrected chi connectivity index (χ4v) is 4.59. The van der Waals surface area contributed by atoms with Gasteiger partial charge in [-0.25, -0.2) is 13.1 Å². The summed E-state index contributed by atoms with van der Waals surface area (Å²) in [5, 5.41) is 0. The number of hydrogen-bond acceptors (Lipinski definition) is 7. The van der Waals surface area contributed by atoms with E-state index in [0.717, 1.165) is 0 Å². The maximum absolute atomic E-state index is 13.0. The molecule has 2 aromatic rings. The zero-order valence-corrected chi connectivity index (χ0v) is 20.3. The van der Waals surface area contributed by atoms with Crippen LogP contribution in [0.2, 0.25) is 0 Å². The van der Waals surface area contributed by atoms with Crippen molar-refractivity contribution < 1.29 is 32.2 Å². The largest absolute Gasteiger partial charge is 0.497 e. The summed E-state index contributed by atoms with van der Waals surface area (Å²) in [6, 6.07) is 10.8. The van der Waals surface area contributed by atoms with Gasteiger partial charge in [0, 0.05) is 51.5 Å². The van der Waals surface area contributed by atoms with Gasteiger partial charge >= 0.3 is 0 Å². The van der Waals surface area contributed by atoms with E-state index in [1.54, 1.807) is 35.1 Å². The first-order valence-electron chi connectivity index (χ1n) is 10.7. The number of methoxy groups -OCH3 is 3. The number of nitrogens with one attached hydrogen (secondary N) is 1. The Hall–Kier alpha value is -3.15. The summed E-state index contributed by atoms with van der Waals surface area (Å²) in [6.07, 6.45) is 0. The van der Waals surface area contributed by atoms with Gasteiger partial charge in [-0.1, -0.05) is 0 Å². The lowest BCUT2D eigenvalue weighted by atomic mass is 10.1. The van der Waals surface area contributed by atoms with Crippen LogP contribution in [0.15, 0.2) is 47.4 Å². The summed E-state index contributed by atoms with van der Waals surface area (Å²) in [5.41, 5.74) is 0.812. The van der Waals surface area contributed by atoms with E-state index in [0.29, 0.717) is 48.8 Å². The molecule has 3 rings (SSSR count). The number of ether oxygens (including phenoxy) is 3. The molecule has 11 heteroatoms. The highest BCUT2D eigenvalue weighted by Crippen LogP contribution is 2.26. The number of nitrogens with zero attached hydrogens (tertiary/aromatic N) is 2. The molecule has 1 saturated heterocycles. The second-order valence-electron chi connectivity index (χ2n) is 7.57. The summed E-state index contributed by atoms with van der Waals surface area (Å²) in [6.45, 7) is 1.88. The summed E-state index contributed by atoms with van der Waals surface area (Å²) in [5.74, 6) is 0.621. The minimum atomic E-state index is -3.67. The Balaban J connectivity index is 1.61. The van der Waals surface area contributed by atoms with Crippen LogP contribution < -0.4 is 14.2 Å². The highest BCUT2D eigenvalue weighted by molar-refractivity contribution is 7.89. The Morgan fingerprint density at radius 2 is 1.50 bits per heavy atom. The molecule has 0 bridgehead atoms. The van der Waals surface area contributed by atoms with E-state index in [-0.39, 0.29) is 29.9 Å². The van der Waals surface area contributed by atoms with Gasteiger partial charge in [0.25, 0.3) is 11.8 Å². The average Bonchev–Trinajstić information content (AvgIpc) is 2.87. The fraction of sp³-hybridized carbons (Fsp3) is 0.391. The van der Waals surface area contributed by atoms with Crippen molar-refractivity contribution in [1.82, 2.24) is 14.5 Å². The van der Waals surface area contributed by atoms with Crippen molar-refractivity contribution in [3.05, 3.63) is 53.6 Å². The van der Waals surface area contributed by atoms with E-state index >= 15 is 0 Å². The molecule has 0 radical (unpaired) electrons. The molecule has 34 heavy (non-hydrogen) atoms. The highest BCUT2D eigenvalue weighted by Gasteiger charge is 2.27. The van der Waals surface area contributed by atoms with Crippen molar-refractivity contribution in [2.75, 3.05) is 60.7 Å². The molecule has 1 N–H and O–H groups in total. The van der Waals surface area contributed by atoms with Crippen LogP contribution in [-0.2, 0) is 14.8 Å². The van der Waals surface area contributed by atoms with Crippen molar-refractivity contribution in [3.63, 3.8) is 0 Å². The number of rotatable bonds is 9. The third kappa shape index (κ3) is 5.85. The second kappa shape index (κ2) is 11.3. The van der Waals surface area contributed by atoms with Crippen LogP contribution in [0.4, 0.5) is 0 Å². The fourth-order valence-electron chi connectivity index (χ4n) is 3.58. The minimum Gasteiger partial charge on any atom is -0.497 e. The average molecular weight is 492 g/mol. The van der Waals surface area contributed by atoms with Crippen LogP contribution in [0.5, 0.6) is 11.5 Å². The molecule has 0 aliphatic carbocycles. The molecule has 0 spiro atoms. The van der Waals surface area contributed by atoms with Crippen LogP contribution in [0.25, 0.3) is 0 Å². The first-order chi connectivity index (χ1) is 16.3. The quantitative estimate of drug-likeness (QED) is 0.525. The van der Waals surface area contributed by atoms with E-state index in [2.05, 4.69) is 4.72 Å². The lowest BCUT2D eigenvalue weighted by Crippen LogP contribution is -2.50. The predicted molar refractivity (Wildman–Crippen MR) is 125 cm³/mol. The maximum Gasteiger partial charge on any atom is 0.257 e. The molecule has 0 aromatic heterocycles. The number of hydrogen-bond donors (Lipinski definition) is 1. The van der Waals surface area contributed by atoms with Crippen molar-refractivity contribution >= 4 is 21.8 Å². The van der Waals surface area contributed by atoms with Crippen LogP contribution in [-0.4, -0.2) is 90.7 Å². The molecule has 1 heterocycles. The topological polar surface area (TPSA) is 114 Å². The van der Waals surface area contributed by atoms with Crippen LogP contribution in [0.3, 0.4) is 0 Å². The number of amides is 2. The van der Waals surface area contributed by atoms with Crippen LogP contribution in [0, 0.1) is 0 Å². The number of carbonyl (C=O) groups excluding carboxylic acids is 2. The summed E-state index contributed by atoms with van der Waals surface area (Å²) < 4.78 is 42.3. The summed E-state index contributed by atoms with van der Waals surface area (Å²) in [7, 11) is 0.851. The van der Waals surface area contributed by atoms with Gasteiger partial charge < -0.3 is 24.0 Å². The van der Waals surface area contributed by atoms with Crippen molar-refractivity contribution in [3.8, 4) is 11.5 Å². The van der Waals surface area contributed by atoms with Crippen molar-refractivity contribution in [1.29, 1.82) is 0 Å². The van der Waals surface area contributed by atoms with Gasteiger partial charge in [0.1, 0.15) is 11.5 Å². The Bertz CT molecular complexity index is 1110. The van der Waals surface area contributed by atoms with Gasteiger partial charge in [0.15, 0.2) is 0 Å². The molecule has 1 aliphatic rings. The lowest BCUT2D eigenvalue weighted by molar-refractivity contribution is 0.0533. The lowest BCUT2D eigenvalue weighted by Gasteiger charge is -2.35. The first kappa shape index (κ1) is 25.5. The maximum atomic E-state index is 13.0. The zero-order valence-electron chi connectivity index (χ0n) is 19.4. The Morgan fingerprint density at radius 1 is 0.882 bits per heavy atom. The van der Waals surface area contributed by atoms with Gasteiger partial charge in [0.05, 0.1) is 31.3 Å². The standard InChI is InChI=1S/C23H29N3O7S/c1-31-15-10-24-34(29,30)19-7-4-17(5-8-19)22(27)25-11-13-26(14-12-25)23(28)20-9-6-18(32-2)16-21(20)33-3/h4-9,16,24H,10-15H2,1-3H3. The Labute approximate surface area is 199 Å². The monoisotopic (exact) mass is 491 g/mol. The Kier molecular flexibility index (Phi) is 8.48. The third-order valence-corrected chi connectivity index (χ3v) is 6.98. The van der Waals surface area contributed by atoms with Crippen LogP contribution >= 0.6 is 0 Å². The third-order valence-electron chi connectivity index (χ3n) is 5.50. The molecule has 10 nitrogen and oxygen atoms in total. The van der Waals surface area contributed by atoms with Gasteiger partial charge in [-0.3, -0.25) is 9.59 Å². The molecule has 184 valence electrons. The zero-order chi connectivity index (χ0) is 24.7. The van der Waals surface area contributed by atoms with Crippen LogP contribution in [0.1, 0.15) is 20.7 Å². The van der Waals surface area contributed by atoms with E-state index in [4.69, 9.17) is 14.2 Å². The van der Waals surface area contributed by atoms with Gasteiger partial charge in [-0.2, -0.15) is 0 Å². The minimum absolute atomic E-state index is 0.0732. The molecular formula is C23H29N3O7S. The van der Waals surface area contributed by atoms with Gasteiger partial charge in [-0.05, 0) is 36.4 Å². The second-order valence-corrected chi connectivity index (χ2v) is 9.33. The smallest absolute Gasteiger partial charge is 0.257 e. The number of piperazine rings is 1. The number of sulfonamides is 1. The first-order valence-corrected chi connectivity index (χ1v) is 12.2. The number of carbonyl (C=O) groups is 2. The summed E-state index contributed by atoms with van der Waals surface area (Å²) in [4.78, 5) is 29.3. The SMILES string of the molecule is COCCNS(=O)(=O)c1ccc(C(=O)N2CCN(C(=O)c3ccc(OC)cc3OC)CC2)cc1. The molecule has 1 fully saturated rings. The molecular weight excluding hydrogens is 462 g/mol.